The third kappa shape index (κ3) is 4.76. The molecule has 0 aromatic heterocycles. The number of amides is 3. The van der Waals surface area contributed by atoms with Crippen LogP contribution < -0.4 is 15.4 Å². The van der Waals surface area contributed by atoms with Gasteiger partial charge in [-0.2, -0.15) is 0 Å². The minimum absolute atomic E-state index is 0.0871. The molecule has 32 heavy (non-hydrogen) atoms. The first-order valence-electron chi connectivity index (χ1n) is 9.80. The standard InChI is InChI=1S/C22H20N2O6S2/c1-30-14-7-12-8-17(31-10-16(26)19(12)15(25)9-14)20(27)23-13-4-2-11(3-5-13)6-18-21(28)24-22(29)32-18/h2-5,7,9,17-18,25H,6,8,10H2,1H3,(H,23,27)(H,24,28,29). The van der Waals surface area contributed by atoms with E-state index in [1.165, 1.54) is 24.9 Å². The molecule has 0 spiro atoms. The summed E-state index contributed by atoms with van der Waals surface area (Å²) in [6, 6.07) is 10.1. The van der Waals surface area contributed by atoms with E-state index in [0.29, 0.717) is 23.4 Å². The van der Waals surface area contributed by atoms with Crippen LogP contribution in [0.4, 0.5) is 10.5 Å². The van der Waals surface area contributed by atoms with Crippen molar-refractivity contribution in [2.45, 2.75) is 23.3 Å². The first kappa shape index (κ1) is 22.2. The van der Waals surface area contributed by atoms with Gasteiger partial charge in [0.25, 0.3) is 5.24 Å². The van der Waals surface area contributed by atoms with Crippen LogP contribution in [0.3, 0.4) is 0 Å². The van der Waals surface area contributed by atoms with E-state index < -0.39 is 10.5 Å². The summed E-state index contributed by atoms with van der Waals surface area (Å²) < 4.78 is 5.18. The molecule has 2 aromatic carbocycles. The van der Waals surface area contributed by atoms with Gasteiger partial charge in [-0.3, -0.25) is 24.5 Å². The largest absolute Gasteiger partial charge is 0.507 e. The number of carbonyl (C=O) groups is 4. The highest BCUT2D eigenvalue weighted by Crippen LogP contribution is 2.35. The molecule has 166 valence electrons. The Morgan fingerprint density at radius 2 is 1.97 bits per heavy atom. The number of thioether (sulfide) groups is 2. The van der Waals surface area contributed by atoms with Crippen molar-refractivity contribution < 1.29 is 29.0 Å². The van der Waals surface area contributed by atoms with Crippen molar-refractivity contribution in [3.63, 3.8) is 0 Å². The average Bonchev–Trinajstić information content (AvgIpc) is 2.97. The molecule has 10 heteroatoms. The summed E-state index contributed by atoms with van der Waals surface area (Å²) >= 11 is 2.21. The number of anilines is 1. The number of imide groups is 1. The Morgan fingerprint density at radius 1 is 1.22 bits per heavy atom. The Hall–Kier alpha value is -2.98. The van der Waals surface area contributed by atoms with Crippen LogP contribution in [-0.4, -0.2) is 51.3 Å². The molecule has 0 radical (unpaired) electrons. The second kappa shape index (κ2) is 9.25. The zero-order valence-electron chi connectivity index (χ0n) is 17.0. The van der Waals surface area contributed by atoms with Crippen LogP contribution >= 0.6 is 23.5 Å². The van der Waals surface area contributed by atoms with Gasteiger partial charge < -0.3 is 15.2 Å². The molecule has 2 atom stereocenters. The molecule has 0 bridgehead atoms. The van der Waals surface area contributed by atoms with Crippen molar-refractivity contribution in [2.24, 2.45) is 0 Å². The molecule has 8 nitrogen and oxygen atoms in total. The van der Waals surface area contributed by atoms with Gasteiger partial charge in [0.2, 0.25) is 11.8 Å². The lowest BCUT2D eigenvalue weighted by Gasteiger charge is -2.15. The van der Waals surface area contributed by atoms with Crippen molar-refractivity contribution in [3.8, 4) is 11.5 Å². The predicted octanol–water partition coefficient (Wildman–Crippen LogP) is 2.77. The van der Waals surface area contributed by atoms with E-state index in [1.807, 2.05) is 0 Å². The van der Waals surface area contributed by atoms with E-state index in [0.717, 1.165) is 17.3 Å². The Bertz CT molecular complexity index is 1100. The Morgan fingerprint density at radius 3 is 2.62 bits per heavy atom. The minimum Gasteiger partial charge on any atom is -0.507 e. The smallest absolute Gasteiger partial charge is 0.286 e. The monoisotopic (exact) mass is 472 g/mol. The topological polar surface area (TPSA) is 122 Å². The number of hydrogen-bond acceptors (Lipinski definition) is 8. The number of fused-ring (bicyclic) bond motifs is 1. The van der Waals surface area contributed by atoms with Crippen LogP contribution in [0.2, 0.25) is 0 Å². The highest BCUT2D eigenvalue weighted by Gasteiger charge is 2.32. The molecule has 4 rings (SSSR count). The fraction of sp³-hybridized carbons (Fsp3) is 0.273. The molecule has 2 aromatic rings. The first-order chi connectivity index (χ1) is 15.3. The van der Waals surface area contributed by atoms with Gasteiger partial charge in [-0.05, 0) is 42.2 Å². The lowest BCUT2D eigenvalue weighted by Crippen LogP contribution is -2.27. The molecule has 3 amide bonds. The van der Waals surface area contributed by atoms with Gasteiger partial charge in [-0.25, -0.2) is 0 Å². The van der Waals surface area contributed by atoms with Gasteiger partial charge in [-0.15, -0.1) is 11.8 Å². The number of ketones is 1. The van der Waals surface area contributed by atoms with E-state index in [4.69, 9.17) is 4.74 Å². The number of benzene rings is 2. The Labute approximate surface area is 192 Å². The van der Waals surface area contributed by atoms with Gasteiger partial charge >= 0.3 is 0 Å². The molecule has 2 heterocycles. The average molecular weight is 473 g/mol. The maximum absolute atomic E-state index is 12.9. The van der Waals surface area contributed by atoms with Crippen molar-refractivity contribution in [1.29, 1.82) is 0 Å². The van der Waals surface area contributed by atoms with Crippen molar-refractivity contribution >= 4 is 52.0 Å². The summed E-state index contributed by atoms with van der Waals surface area (Å²) in [5, 5.41) is 14.1. The number of carbonyl (C=O) groups excluding carboxylic acids is 4. The van der Waals surface area contributed by atoms with Gasteiger partial charge in [0, 0.05) is 11.8 Å². The second-order valence-corrected chi connectivity index (χ2v) is 9.75. The number of nitrogens with one attached hydrogen (secondary N) is 2. The van der Waals surface area contributed by atoms with Crippen molar-refractivity contribution in [1.82, 2.24) is 5.32 Å². The number of rotatable bonds is 5. The molecule has 3 N–H and O–H groups in total. The van der Waals surface area contributed by atoms with Crippen molar-refractivity contribution in [2.75, 3.05) is 18.2 Å². The lowest BCUT2D eigenvalue weighted by atomic mass is 9.98. The first-order valence-corrected chi connectivity index (χ1v) is 11.7. The third-order valence-electron chi connectivity index (χ3n) is 5.21. The minimum atomic E-state index is -0.518. The van der Waals surface area contributed by atoms with Crippen LogP contribution in [0, 0.1) is 0 Å². The number of phenolic OH excluding ortho intramolecular Hbond substituents is 1. The molecular weight excluding hydrogens is 452 g/mol. The zero-order valence-corrected chi connectivity index (χ0v) is 18.7. The van der Waals surface area contributed by atoms with Crippen LogP contribution in [0.5, 0.6) is 11.5 Å². The molecule has 1 fully saturated rings. The Balaban J connectivity index is 1.43. The van der Waals surface area contributed by atoms with Gasteiger partial charge in [-0.1, -0.05) is 23.9 Å². The maximum atomic E-state index is 12.9. The highest BCUT2D eigenvalue weighted by atomic mass is 32.2. The third-order valence-corrected chi connectivity index (χ3v) is 7.40. The number of Topliss-reactive ketones (excluding diaryl/α,β-unsaturated/α-hetero) is 1. The number of phenols is 1. The molecule has 0 saturated carbocycles. The molecular formula is C22H20N2O6S2. The van der Waals surface area contributed by atoms with Crippen LogP contribution in [0.15, 0.2) is 36.4 Å². The molecule has 0 aliphatic carbocycles. The summed E-state index contributed by atoms with van der Waals surface area (Å²) in [6.45, 7) is 0. The molecule has 2 unspecified atom stereocenters. The van der Waals surface area contributed by atoms with Crippen LogP contribution in [0.25, 0.3) is 0 Å². The molecule has 1 saturated heterocycles. The fourth-order valence-electron chi connectivity index (χ4n) is 3.62. The number of aromatic hydroxyl groups is 1. The van der Waals surface area contributed by atoms with Gasteiger partial charge in [0.1, 0.15) is 11.5 Å². The number of methoxy groups -OCH3 is 1. The van der Waals surface area contributed by atoms with E-state index in [-0.39, 0.29) is 46.3 Å². The normalized spacial score (nSPS) is 20.3. The summed E-state index contributed by atoms with van der Waals surface area (Å²) in [5.74, 6) is -0.396. The molecule has 2 aliphatic heterocycles. The summed E-state index contributed by atoms with van der Waals surface area (Å²) in [4.78, 5) is 48.4. The van der Waals surface area contributed by atoms with Crippen LogP contribution in [-0.2, 0) is 22.4 Å². The van der Waals surface area contributed by atoms with E-state index in [2.05, 4.69) is 10.6 Å². The summed E-state index contributed by atoms with van der Waals surface area (Å²) in [5.41, 5.74) is 2.28. The van der Waals surface area contributed by atoms with Gasteiger partial charge in [0.05, 0.1) is 28.9 Å². The van der Waals surface area contributed by atoms with Gasteiger partial charge in [0.15, 0.2) is 5.78 Å². The Kier molecular flexibility index (Phi) is 6.43. The quantitative estimate of drug-likeness (QED) is 0.607. The van der Waals surface area contributed by atoms with Crippen LogP contribution in [0.1, 0.15) is 21.5 Å². The number of hydrogen-bond donors (Lipinski definition) is 3. The number of ether oxygens (including phenoxy) is 1. The van der Waals surface area contributed by atoms with E-state index >= 15 is 0 Å². The summed E-state index contributed by atoms with van der Waals surface area (Å²) in [7, 11) is 1.47. The SMILES string of the molecule is COc1cc(O)c2c(c1)CC(C(=O)Nc1ccc(CC3SC(=O)NC3=O)cc1)SCC2=O. The molecule has 2 aliphatic rings. The second-order valence-electron chi connectivity index (χ2n) is 7.38. The van der Waals surface area contributed by atoms with E-state index in [1.54, 1.807) is 30.3 Å². The predicted molar refractivity (Wildman–Crippen MR) is 123 cm³/mol. The zero-order chi connectivity index (χ0) is 22.8. The fourth-order valence-corrected chi connectivity index (χ4v) is 5.49. The van der Waals surface area contributed by atoms with Crippen molar-refractivity contribution in [3.05, 3.63) is 53.1 Å². The maximum Gasteiger partial charge on any atom is 0.286 e. The lowest BCUT2D eigenvalue weighted by molar-refractivity contribution is -0.119. The summed E-state index contributed by atoms with van der Waals surface area (Å²) in [6.07, 6.45) is 0.696. The van der Waals surface area contributed by atoms with E-state index in [9.17, 15) is 24.3 Å². The highest BCUT2D eigenvalue weighted by molar-refractivity contribution is 8.15.